The van der Waals surface area contributed by atoms with Gasteiger partial charge in [-0.1, -0.05) is 25.1 Å². The van der Waals surface area contributed by atoms with Gasteiger partial charge in [0, 0.05) is 42.4 Å². The molecule has 1 aromatic heterocycles. The van der Waals surface area contributed by atoms with Crippen LogP contribution in [-0.4, -0.2) is 18.1 Å². The molecule has 0 saturated heterocycles. The van der Waals surface area contributed by atoms with Crippen molar-refractivity contribution in [1.29, 1.82) is 0 Å². The van der Waals surface area contributed by atoms with Gasteiger partial charge < -0.3 is 10.2 Å². The lowest BCUT2D eigenvalue weighted by atomic mass is 10.0. The Bertz CT molecular complexity index is 595. The minimum Gasteiger partial charge on any atom is -0.341 e. The van der Waals surface area contributed by atoms with Gasteiger partial charge in [0.25, 0.3) is 0 Å². The average molecular weight is 281 g/mol. The molecule has 0 spiro atoms. The number of nitrogens with one attached hydrogen (secondary N) is 1. The SMILES string of the molecule is CCCNCc1cnccc1N1CCCc2ccccc21. The second kappa shape index (κ2) is 6.72. The van der Waals surface area contributed by atoms with Crippen LogP contribution in [0.2, 0.25) is 0 Å². The lowest BCUT2D eigenvalue weighted by Gasteiger charge is -2.32. The zero-order valence-corrected chi connectivity index (χ0v) is 12.7. The first-order valence-electron chi connectivity index (χ1n) is 7.89. The number of nitrogens with zero attached hydrogens (tertiary/aromatic N) is 2. The van der Waals surface area contributed by atoms with Crippen LogP contribution in [0.25, 0.3) is 0 Å². The standard InChI is InChI=1S/C18H23N3/c1-2-10-19-13-16-14-20-11-9-18(16)21-12-5-7-15-6-3-4-8-17(15)21/h3-4,6,8-9,11,14,19H,2,5,7,10,12-13H2,1H3. The molecule has 0 aliphatic carbocycles. The number of para-hydroxylation sites is 1. The topological polar surface area (TPSA) is 28.2 Å². The summed E-state index contributed by atoms with van der Waals surface area (Å²) >= 11 is 0. The maximum atomic E-state index is 4.31. The molecule has 3 heteroatoms. The van der Waals surface area contributed by atoms with Gasteiger partial charge in [-0.05, 0) is 43.5 Å². The van der Waals surface area contributed by atoms with Crippen LogP contribution in [0, 0.1) is 0 Å². The fourth-order valence-corrected chi connectivity index (χ4v) is 3.00. The summed E-state index contributed by atoms with van der Waals surface area (Å²) in [5, 5.41) is 3.49. The molecular formula is C18H23N3. The number of rotatable bonds is 5. The summed E-state index contributed by atoms with van der Waals surface area (Å²) in [5.41, 5.74) is 5.38. The molecule has 0 fully saturated rings. The first-order valence-corrected chi connectivity index (χ1v) is 7.89. The highest BCUT2D eigenvalue weighted by molar-refractivity contribution is 5.69. The Morgan fingerprint density at radius 3 is 3.00 bits per heavy atom. The van der Waals surface area contributed by atoms with E-state index in [4.69, 9.17) is 0 Å². The Hall–Kier alpha value is -1.87. The van der Waals surface area contributed by atoms with Gasteiger partial charge in [0.1, 0.15) is 0 Å². The number of hydrogen-bond donors (Lipinski definition) is 1. The minimum atomic E-state index is 0.885. The van der Waals surface area contributed by atoms with Crippen molar-refractivity contribution in [2.75, 3.05) is 18.0 Å². The van der Waals surface area contributed by atoms with Crippen LogP contribution in [0.5, 0.6) is 0 Å². The van der Waals surface area contributed by atoms with Crippen molar-refractivity contribution in [3.63, 3.8) is 0 Å². The quantitative estimate of drug-likeness (QED) is 0.848. The largest absolute Gasteiger partial charge is 0.341 e. The van der Waals surface area contributed by atoms with Gasteiger partial charge in [-0.2, -0.15) is 0 Å². The zero-order valence-electron chi connectivity index (χ0n) is 12.7. The van der Waals surface area contributed by atoms with Gasteiger partial charge in [-0.3, -0.25) is 4.98 Å². The van der Waals surface area contributed by atoms with E-state index in [0.717, 1.165) is 26.1 Å². The van der Waals surface area contributed by atoms with Gasteiger partial charge in [0.05, 0.1) is 0 Å². The van der Waals surface area contributed by atoms with Crippen molar-refractivity contribution in [2.24, 2.45) is 0 Å². The number of pyridine rings is 1. The van der Waals surface area contributed by atoms with Gasteiger partial charge in [0.2, 0.25) is 0 Å². The van der Waals surface area contributed by atoms with Crippen molar-refractivity contribution in [1.82, 2.24) is 10.3 Å². The second-order valence-electron chi connectivity index (χ2n) is 5.57. The van der Waals surface area contributed by atoms with Crippen LogP contribution in [0.4, 0.5) is 11.4 Å². The molecule has 0 atom stereocenters. The van der Waals surface area contributed by atoms with Crippen LogP contribution in [0.1, 0.15) is 30.9 Å². The number of benzene rings is 1. The molecule has 1 aliphatic heterocycles. The van der Waals surface area contributed by atoms with Crippen molar-refractivity contribution in [2.45, 2.75) is 32.7 Å². The van der Waals surface area contributed by atoms with Crippen LogP contribution in [0.15, 0.2) is 42.7 Å². The molecule has 110 valence electrons. The Morgan fingerprint density at radius 2 is 2.10 bits per heavy atom. The maximum Gasteiger partial charge on any atom is 0.0487 e. The second-order valence-corrected chi connectivity index (χ2v) is 5.57. The summed E-state index contributed by atoms with van der Waals surface area (Å²) < 4.78 is 0. The highest BCUT2D eigenvalue weighted by atomic mass is 15.1. The molecule has 2 aromatic rings. The monoisotopic (exact) mass is 281 g/mol. The van der Waals surface area contributed by atoms with Gasteiger partial charge in [-0.15, -0.1) is 0 Å². The molecule has 0 bridgehead atoms. The zero-order chi connectivity index (χ0) is 14.5. The molecular weight excluding hydrogens is 258 g/mol. The molecule has 2 heterocycles. The lowest BCUT2D eigenvalue weighted by molar-refractivity contribution is 0.671. The van der Waals surface area contributed by atoms with Crippen LogP contribution in [0.3, 0.4) is 0 Å². The third kappa shape index (κ3) is 3.08. The van der Waals surface area contributed by atoms with E-state index in [1.165, 1.54) is 35.3 Å². The third-order valence-corrected chi connectivity index (χ3v) is 4.02. The minimum absolute atomic E-state index is 0.885. The molecule has 1 aromatic carbocycles. The van der Waals surface area contributed by atoms with E-state index >= 15 is 0 Å². The van der Waals surface area contributed by atoms with E-state index in [1.807, 2.05) is 12.4 Å². The number of aryl methyl sites for hydroxylation is 1. The summed E-state index contributed by atoms with van der Waals surface area (Å²) in [5.74, 6) is 0. The van der Waals surface area contributed by atoms with Crippen molar-refractivity contribution < 1.29 is 0 Å². The predicted octanol–water partition coefficient (Wildman–Crippen LogP) is 3.67. The molecule has 0 saturated carbocycles. The van der Waals surface area contributed by atoms with E-state index < -0.39 is 0 Å². The van der Waals surface area contributed by atoms with E-state index in [-0.39, 0.29) is 0 Å². The number of hydrogen-bond acceptors (Lipinski definition) is 3. The Balaban J connectivity index is 1.91. The first kappa shape index (κ1) is 14.1. The first-order chi connectivity index (χ1) is 10.4. The normalized spacial score (nSPS) is 14.0. The van der Waals surface area contributed by atoms with Crippen molar-refractivity contribution in [3.8, 4) is 0 Å². The third-order valence-electron chi connectivity index (χ3n) is 4.02. The van der Waals surface area contributed by atoms with E-state index in [9.17, 15) is 0 Å². The molecule has 0 amide bonds. The summed E-state index contributed by atoms with van der Waals surface area (Å²) in [6.45, 7) is 5.21. The molecule has 0 radical (unpaired) electrons. The summed E-state index contributed by atoms with van der Waals surface area (Å²) in [6.07, 6.45) is 7.44. The Labute approximate surface area is 127 Å². The van der Waals surface area contributed by atoms with Gasteiger partial charge in [-0.25, -0.2) is 0 Å². The molecule has 0 unspecified atom stereocenters. The fourth-order valence-electron chi connectivity index (χ4n) is 3.00. The predicted molar refractivity (Wildman–Crippen MR) is 88.0 cm³/mol. The molecule has 1 N–H and O–H groups in total. The summed E-state index contributed by atoms with van der Waals surface area (Å²) in [7, 11) is 0. The summed E-state index contributed by atoms with van der Waals surface area (Å²) in [4.78, 5) is 6.76. The Morgan fingerprint density at radius 1 is 1.19 bits per heavy atom. The van der Waals surface area contributed by atoms with Gasteiger partial charge in [0.15, 0.2) is 0 Å². The number of aromatic nitrogens is 1. The molecule has 21 heavy (non-hydrogen) atoms. The van der Waals surface area contributed by atoms with Crippen LogP contribution in [-0.2, 0) is 13.0 Å². The number of fused-ring (bicyclic) bond motifs is 1. The Kier molecular flexibility index (Phi) is 4.51. The van der Waals surface area contributed by atoms with E-state index in [1.54, 1.807) is 0 Å². The molecule has 3 nitrogen and oxygen atoms in total. The van der Waals surface area contributed by atoms with E-state index in [0.29, 0.717) is 0 Å². The lowest BCUT2D eigenvalue weighted by Crippen LogP contribution is -2.26. The van der Waals surface area contributed by atoms with Gasteiger partial charge >= 0.3 is 0 Å². The van der Waals surface area contributed by atoms with Crippen molar-refractivity contribution in [3.05, 3.63) is 53.9 Å². The van der Waals surface area contributed by atoms with E-state index in [2.05, 4.69) is 52.5 Å². The highest BCUT2D eigenvalue weighted by Crippen LogP contribution is 2.34. The average Bonchev–Trinajstić information content (AvgIpc) is 2.55. The fraction of sp³-hybridized carbons (Fsp3) is 0.389. The van der Waals surface area contributed by atoms with Crippen LogP contribution < -0.4 is 10.2 Å². The molecule has 3 rings (SSSR count). The van der Waals surface area contributed by atoms with Crippen molar-refractivity contribution >= 4 is 11.4 Å². The maximum absolute atomic E-state index is 4.31. The number of anilines is 2. The summed E-state index contributed by atoms with van der Waals surface area (Å²) in [6, 6.07) is 10.9. The smallest absolute Gasteiger partial charge is 0.0487 e. The highest BCUT2D eigenvalue weighted by Gasteiger charge is 2.19. The molecule has 1 aliphatic rings. The van der Waals surface area contributed by atoms with Crippen LogP contribution >= 0.6 is 0 Å².